The van der Waals surface area contributed by atoms with E-state index in [-0.39, 0.29) is 0 Å². The van der Waals surface area contributed by atoms with Crippen molar-refractivity contribution in [3.05, 3.63) is 35.7 Å². The minimum Gasteiger partial charge on any atom is -0.384 e. The molecule has 2 rings (SSSR count). The third-order valence-corrected chi connectivity index (χ3v) is 2.97. The third-order valence-electron chi connectivity index (χ3n) is 2.97. The molecule has 4 heteroatoms. The zero-order valence-electron chi connectivity index (χ0n) is 11.0. The smallest absolute Gasteiger partial charge is 0.0622 e. The van der Waals surface area contributed by atoms with Gasteiger partial charge in [-0.2, -0.15) is 0 Å². The van der Waals surface area contributed by atoms with Gasteiger partial charge in [0.1, 0.15) is 0 Å². The van der Waals surface area contributed by atoms with Gasteiger partial charge in [0, 0.05) is 26.6 Å². The van der Waals surface area contributed by atoms with Crippen molar-refractivity contribution in [1.82, 2.24) is 9.97 Å². The van der Waals surface area contributed by atoms with E-state index >= 15 is 0 Å². The molecular formula is C14H20N2O2. The van der Waals surface area contributed by atoms with Gasteiger partial charge in [-0.05, 0) is 36.1 Å². The van der Waals surface area contributed by atoms with Crippen LogP contribution in [0, 0.1) is 0 Å². The van der Waals surface area contributed by atoms with Crippen molar-refractivity contribution in [2.45, 2.75) is 12.8 Å². The van der Waals surface area contributed by atoms with Crippen LogP contribution in [-0.2, 0) is 22.3 Å². The summed E-state index contributed by atoms with van der Waals surface area (Å²) < 4.78 is 10.1. The monoisotopic (exact) mass is 248 g/mol. The van der Waals surface area contributed by atoms with Gasteiger partial charge in [-0.25, -0.2) is 0 Å². The summed E-state index contributed by atoms with van der Waals surface area (Å²) in [6, 6.07) is 4.32. The Kier molecular flexibility index (Phi) is 4.61. The molecule has 2 aromatic heterocycles. The Morgan fingerprint density at radius 1 is 0.833 bits per heavy atom. The summed E-state index contributed by atoms with van der Waals surface area (Å²) in [4.78, 5) is 6.56. The fraction of sp³-hybridized carbons (Fsp3) is 0.429. The van der Waals surface area contributed by atoms with Crippen LogP contribution in [0.25, 0.3) is 11.4 Å². The molecule has 0 unspecified atom stereocenters. The first-order chi connectivity index (χ1) is 8.83. The lowest BCUT2D eigenvalue weighted by Crippen LogP contribution is -1.91. The molecule has 0 spiro atoms. The van der Waals surface area contributed by atoms with Gasteiger partial charge in [0.25, 0.3) is 0 Å². The Labute approximate surface area is 107 Å². The largest absolute Gasteiger partial charge is 0.384 e. The SMILES string of the molecule is COCCc1c[nH]c(-c2cc(CCOC)c[nH]2)c1. The van der Waals surface area contributed by atoms with Gasteiger partial charge in [-0.1, -0.05) is 0 Å². The summed E-state index contributed by atoms with van der Waals surface area (Å²) in [5, 5.41) is 0. The fourth-order valence-electron chi connectivity index (χ4n) is 1.92. The molecule has 2 aromatic rings. The van der Waals surface area contributed by atoms with E-state index in [1.807, 2.05) is 12.4 Å². The van der Waals surface area contributed by atoms with Crippen molar-refractivity contribution < 1.29 is 9.47 Å². The van der Waals surface area contributed by atoms with E-state index in [2.05, 4.69) is 22.1 Å². The van der Waals surface area contributed by atoms with Crippen molar-refractivity contribution in [1.29, 1.82) is 0 Å². The van der Waals surface area contributed by atoms with E-state index < -0.39 is 0 Å². The maximum Gasteiger partial charge on any atom is 0.0622 e. The highest BCUT2D eigenvalue weighted by Gasteiger charge is 2.05. The molecule has 4 nitrogen and oxygen atoms in total. The first-order valence-corrected chi connectivity index (χ1v) is 6.16. The Morgan fingerprint density at radius 2 is 1.28 bits per heavy atom. The summed E-state index contributed by atoms with van der Waals surface area (Å²) >= 11 is 0. The second kappa shape index (κ2) is 6.42. The standard InChI is InChI=1S/C14H20N2O2/c1-17-5-3-11-7-13(15-9-11)14-8-12(10-16-14)4-6-18-2/h7-10,15-16H,3-6H2,1-2H3. The lowest BCUT2D eigenvalue weighted by molar-refractivity contribution is 0.202. The summed E-state index contributed by atoms with van der Waals surface area (Å²) in [5.41, 5.74) is 4.76. The quantitative estimate of drug-likeness (QED) is 0.790. The molecule has 0 aliphatic carbocycles. The number of ether oxygens (including phenoxy) is 2. The van der Waals surface area contributed by atoms with Crippen molar-refractivity contribution in [2.24, 2.45) is 0 Å². The molecule has 0 saturated heterocycles. The van der Waals surface area contributed by atoms with Gasteiger partial charge in [-0.3, -0.25) is 0 Å². The van der Waals surface area contributed by atoms with Crippen molar-refractivity contribution in [3.8, 4) is 11.4 Å². The Hall–Kier alpha value is -1.52. The Balaban J connectivity index is 2.01. The second-order valence-electron chi connectivity index (χ2n) is 4.33. The number of aromatic amines is 2. The highest BCUT2D eigenvalue weighted by molar-refractivity contribution is 5.57. The molecule has 2 N–H and O–H groups in total. The van der Waals surface area contributed by atoms with E-state index in [4.69, 9.17) is 9.47 Å². The van der Waals surface area contributed by atoms with Crippen LogP contribution in [0.2, 0.25) is 0 Å². The molecule has 0 fully saturated rings. The minimum atomic E-state index is 0.751. The number of methoxy groups -OCH3 is 2. The maximum atomic E-state index is 5.07. The first kappa shape index (κ1) is 12.9. The van der Waals surface area contributed by atoms with Gasteiger partial charge >= 0.3 is 0 Å². The van der Waals surface area contributed by atoms with E-state index in [9.17, 15) is 0 Å². The van der Waals surface area contributed by atoms with Crippen LogP contribution < -0.4 is 0 Å². The van der Waals surface area contributed by atoms with Crippen LogP contribution in [-0.4, -0.2) is 37.4 Å². The summed E-state index contributed by atoms with van der Waals surface area (Å²) in [5.74, 6) is 0. The molecule has 0 bridgehead atoms. The highest BCUT2D eigenvalue weighted by atomic mass is 16.5. The van der Waals surface area contributed by atoms with Gasteiger partial charge in [0.15, 0.2) is 0 Å². The highest BCUT2D eigenvalue weighted by Crippen LogP contribution is 2.19. The Bertz CT molecular complexity index is 429. The summed E-state index contributed by atoms with van der Waals surface area (Å²) in [6.45, 7) is 1.50. The van der Waals surface area contributed by atoms with Gasteiger partial charge in [-0.15, -0.1) is 0 Å². The molecule has 0 aromatic carbocycles. The molecule has 0 radical (unpaired) electrons. The number of hydrogen-bond acceptors (Lipinski definition) is 2. The molecule has 0 aliphatic heterocycles. The van der Waals surface area contributed by atoms with Crippen LogP contribution >= 0.6 is 0 Å². The molecule has 0 atom stereocenters. The lowest BCUT2D eigenvalue weighted by atomic mass is 10.2. The van der Waals surface area contributed by atoms with Crippen LogP contribution in [0.1, 0.15) is 11.1 Å². The molecule has 0 saturated carbocycles. The van der Waals surface area contributed by atoms with E-state index in [0.29, 0.717) is 0 Å². The molecule has 0 amide bonds. The number of H-pyrrole nitrogens is 2. The normalized spacial score (nSPS) is 11.0. The van der Waals surface area contributed by atoms with E-state index in [0.717, 1.165) is 37.4 Å². The first-order valence-electron chi connectivity index (χ1n) is 6.16. The van der Waals surface area contributed by atoms with Crippen molar-refractivity contribution >= 4 is 0 Å². The van der Waals surface area contributed by atoms with Gasteiger partial charge in [0.2, 0.25) is 0 Å². The minimum absolute atomic E-state index is 0.751. The lowest BCUT2D eigenvalue weighted by Gasteiger charge is -1.94. The predicted octanol–water partition coefficient (Wildman–Crippen LogP) is 2.39. The summed E-state index contributed by atoms with van der Waals surface area (Å²) in [6.07, 6.45) is 5.93. The maximum absolute atomic E-state index is 5.07. The van der Waals surface area contributed by atoms with Crippen molar-refractivity contribution in [3.63, 3.8) is 0 Å². The van der Waals surface area contributed by atoms with Crippen LogP contribution in [0.4, 0.5) is 0 Å². The van der Waals surface area contributed by atoms with Gasteiger partial charge in [0.05, 0.1) is 24.6 Å². The summed E-state index contributed by atoms with van der Waals surface area (Å²) in [7, 11) is 3.45. The van der Waals surface area contributed by atoms with Gasteiger partial charge < -0.3 is 19.4 Å². The number of aromatic nitrogens is 2. The van der Waals surface area contributed by atoms with E-state index in [1.165, 1.54) is 11.1 Å². The second-order valence-corrected chi connectivity index (χ2v) is 4.33. The number of rotatable bonds is 7. The zero-order valence-corrected chi connectivity index (χ0v) is 11.0. The Morgan fingerprint density at radius 3 is 1.67 bits per heavy atom. The van der Waals surface area contributed by atoms with Crippen LogP contribution in [0.15, 0.2) is 24.5 Å². The topological polar surface area (TPSA) is 50.0 Å². The fourth-order valence-corrected chi connectivity index (χ4v) is 1.92. The van der Waals surface area contributed by atoms with Crippen LogP contribution in [0.5, 0.6) is 0 Å². The van der Waals surface area contributed by atoms with E-state index in [1.54, 1.807) is 14.2 Å². The third kappa shape index (κ3) is 3.24. The zero-order chi connectivity index (χ0) is 12.8. The van der Waals surface area contributed by atoms with Crippen molar-refractivity contribution in [2.75, 3.05) is 27.4 Å². The molecular weight excluding hydrogens is 228 g/mol. The number of nitrogens with one attached hydrogen (secondary N) is 2. The average Bonchev–Trinajstić information content (AvgIpc) is 3.02. The average molecular weight is 248 g/mol. The molecule has 98 valence electrons. The predicted molar refractivity (Wildman–Crippen MR) is 71.7 cm³/mol. The molecule has 2 heterocycles. The van der Waals surface area contributed by atoms with Crippen LogP contribution in [0.3, 0.4) is 0 Å². The molecule has 18 heavy (non-hydrogen) atoms. The molecule has 0 aliphatic rings. The number of hydrogen-bond donors (Lipinski definition) is 2.